The van der Waals surface area contributed by atoms with Gasteiger partial charge < -0.3 is 0 Å². The fourth-order valence-electron chi connectivity index (χ4n) is 10.0. The molecule has 7 heteroatoms. The van der Waals surface area contributed by atoms with Gasteiger partial charge >= 0.3 is 0 Å². The average molecular weight is 728 g/mol. The molecule has 2 aliphatic carbocycles. The quantitative estimate of drug-likeness (QED) is 0.181. The number of pyridine rings is 2. The summed E-state index contributed by atoms with van der Waals surface area (Å²) in [6, 6.07) is 58.2. The maximum atomic E-state index is 5.46. The van der Waals surface area contributed by atoms with Gasteiger partial charge in [-0.25, -0.2) is 14.5 Å². The van der Waals surface area contributed by atoms with Gasteiger partial charge in [-0.2, -0.15) is 15.0 Å². The highest BCUT2D eigenvalue weighted by Crippen LogP contribution is 2.63. The van der Waals surface area contributed by atoms with Crippen LogP contribution in [0.15, 0.2) is 176 Å². The van der Waals surface area contributed by atoms with Crippen molar-refractivity contribution in [2.75, 3.05) is 0 Å². The van der Waals surface area contributed by atoms with Crippen LogP contribution in [0, 0.1) is 0 Å². The molecule has 264 valence electrons. The SMILES string of the molecule is c1ccc2c(c1)-c1ccccc1C21c2ccccc2-c2c(-c3nc(-n4c5ccccc5c5ccccc54)nc(-n4c5ncccc5c5cccnc54)n3)cccc21. The van der Waals surface area contributed by atoms with Crippen molar-refractivity contribution < 1.29 is 0 Å². The van der Waals surface area contributed by atoms with Crippen molar-refractivity contribution in [1.29, 1.82) is 0 Å². The van der Waals surface area contributed by atoms with E-state index in [-0.39, 0.29) is 0 Å². The van der Waals surface area contributed by atoms with Crippen molar-refractivity contribution >= 4 is 43.9 Å². The summed E-state index contributed by atoms with van der Waals surface area (Å²) in [6.45, 7) is 0. The van der Waals surface area contributed by atoms with Crippen LogP contribution in [-0.2, 0) is 5.41 Å². The molecule has 0 saturated carbocycles. The van der Waals surface area contributed by atoms with Crippen LogP contribution in [-0.4, -0.2) is 34.1 Å². The molecular weight excluding hydrogens is 699 g/mol. The first-order valence-electron chi connectivity index (χ1n) is 19.2. The van der Waals surface area contributed by atoms with Gasteiger partial charge in [0, 0.05) is 39.5 Å². The van der Waals surface area contributed by atoms with E-state index in [0.717, 1.165) is 55.0 Å². The summed E-state index contributed by atoms with van der Waals surface area (Å²) in [4.78, 5) is 26.0. The molecule has 0 fully saturated rings. The number of nitrogens with zero attached hydrogens (tertiary/aromatic N) is 7. The fourth-order valence-corrected chi connectivity index (χ4v) is 10.0. The monoisotopic (exact) mass is 727 g/mol. The molecule has 57 heavy (non-hydrogen) atoms. The van der Waals surface area contributed by atoms with Crippen LogP contribution in [0.1, 0.15) is 22.3 Å². The molecule has 2 aliphatic rings. The van der Waals surface area contributed by atoms with E-state index in [2.05, 4.69) is 156 Å². The second-order valence-corrected chi connectivity index (χ2v) is 14.8. The molecule has 0 aliphatic heterocycles. The highest BCUT2D eigenvalue weighted by Gasteiger charge is 2.52. The predicted molar refractivity (Wildman–Crippen MR) is 226 cm³/mol. The zero-order chi connectivity index (χ0) is 37.2. The van der Waals surface area contributed by atoms with Gasteiger partial charge in [0.15, 0.2) is 5.82 Å². The molecule has 0 amide bonds. The number of para-hydroxylation sites is 2. The standard InChI is InChI=1S/C50H29N7/c1-6-22-38-30(14-1)31-15-2-7-23-39(31)50(38)40-24-8-3-18-36(40)44-37(19-11-25-41(44)50)45-53-48(56-42-26-9-4-16-32(42)33-17-5-10-27-43(33)56)55-49(54-45)57-46-34(20-12-28-51-46)35-21-13-29-52-47(35)57/h1-29H. The summed E-state index contributed by atoms with van der Waals surface area (Å²) in [6.07, 6.45) is 3.62. The number of rotatable bonds is 3. The highest BCUT2D eigenvalue weighted by atomic mass is 15.3. The number of hydrogen-bond donors (Lipinski definition) is 0. The van der Waals surface area contributed by atoms with Crippen LogP contribution in [0.2, 0.25) is 0 Å². The summed E-state index contributed by atoms with van der Waals surface area (Å²) < 4.78 is 4.14. The van der Waals surface area contributed by atoms with Crippen molar-refractivity contribution in [3.05, 3.63) is 198 Å². The Hall–Kier alpha value is -7.77. The highest BCUT2D eigenvalue weighted by molar-refractivity contribution is 6.09. The number of aromatic nitrogens is 7. The van der Waals surface area contributed by atoms with Crippen molar-refractivity contribution in [2.45, 2.75) is 5.41 Å². The molecule has 6 aromatic carbocycles. The third-order valence-electron chi connectivity index (χ3n) is 12.1. The van der Waals surface area contributed by atoms with Gasteiger partial charge in [-0.05, 0) is 80.9 Å². The van der Waals surface area contributed by atoms with E-state index in [1.54, 1.807) is 0 Å². The first kappa shape index (κ1) is 30.5. The third-order valence-corrected chi connectivity index (χ3v) is 12.1. The summed E-state index contributed by atoms with van der Waals surface area (Å²) >= 11 is 0. The molecular formula is C50H29N7. The minimum Gasteiger partial charge on any atom is -0.278 e. The Kier molecular flexibility index (Phi) is 5.97. The molecule has 0 saturated heterocycles. The number of hydrogen-bond acceptors (Lipinski definition) is 5. The Morgan fingerprint density at radius 1 is 0.351 bits per heavy atom. The molecule has 0 atom stereocenters. The molecule has 0 N–H and O–H groups in total. The number of benzene rings is 6. The molecule has 5 aromatic heterocycles. The summed E-state index contributed by atoms with van der Waals surface area (Å²) in [5.41, 5.74) is 13.8. The molecule has 0 bridgehead atoms. The van der Waals surface area contributed by atoms with Crippen molar-refractivity contribution in [3.63, 3.8) is 0 Å². The predicted octanol–water partition coefficient (Wildman–Crippen LogP) is 10.9. The largest absolute Gasteiger partial charge is 0.278 e. The third kappa shape index (κ3) is 3.87. The summed E-state index contributed by atoms with van der Waals surface area (Å²) in [5.74, 6) is 1.54. The van der Waals surface area contributed by atoms with Crippen molar-refractivity contribution in [2.24, 2.45) is 0 Å². The van der Waals surface area contributed by atoms with Crippen molar-refractivity contribution in [1.82, 2.24) is 34.1 Å². The molecule has 0 unspecified atom stereocenters. The Bertz CT molecular complexity index is 3220. The van der Waals surface area contributed by atoms with Gasteiger partial charge in [0.05, 0.1) is 16.4 Å². The first-order valence-corrected chi connectivity index (χ1v) is 19.2. The van der Waals surface area contributed by atoms with E-state index in [4.69, 9.17) is 24.9 Å². The summed E-state index contributed by atoms with van der Waals surface area (Å²) in [5, 5.41) is 4.23. The molecule has 11 aromatic rings. The van der Waals surface area contributed by atoms with Crippen LogP contribution >= 0.6 is 0 Å². The molecule has 7 nitrogen and oxygen atoms in total. The van der Waals surface area contributed by atoms with Crippen LogP contribution in [0.5, 0.6) is 0 Å². The van der Waals surface area contributed by atoms with E-state index < -0.39 is 5.41 Å². The maximum Gasteiger partial charge on any atom is 0.242 e. The van der Waals surface area contributed by atoms with Gasteiger partial charge in [0.1, 0.15) is 11.3 Å². The van der Waals surface area contributed by atoms with E-state index in [0.29, 0.717) is 17.7 Å². The Morgan fingerprint density at radius 2 is 0.807 bits per heavy atom. The number of fused-ring (bicyclic) bond motifs is 16. The lowest BCUT2D eigenvalue weighted by atomic mass is 9.70. The zero-order valence-electron chi connectivity index (χ0n) is 30.4. The Balaban J connectivity index is 1.16. The molecule has 13 rings (SSSR count). The lowest BCUT2D eigenvalue weighted by Gasteiger charge is -2.30. The molecule has 1 spiro atoms. The van der Waals surface area contributed by atoms with Gasteiger partial charge in [0.25, 0.3) is 0 Å². The van der Waals surface area contributed by atoms with Crippen LogP contribution < -0.4 is 0 Å². The topological polar surface area (TPSA) is 74.3 Å². The second kappa shape index (κ2) is 11.1. The lowest BCUT2D eigenvalue weighted by molar-refractivity contribution is 0.793. The minimum absolute atomic E-state index is 0.449. The Morgan fingerprint density at radius 3 is 1.42 bits per heavy atom. The first-order chi connectivity index (χ1) is 28.3. The smallest absolute Gasteiger partial charge is 0.242 e. The van der Waals surface area contributed by atoms with E-state index in [1.807, 2.05) is 29.1 Å². The molecule has 0 radical (unpaired) electrons. The van der Waals surface area contributed by atoms with Gasteiger partial charge in [-0.1, -0.05) is 127 Å². The minimum atomic E-state index is -0.499. The van der Waals surface area contributed by atoms with Gasteiger partial charge in [-0.15, -0.1) is 0 Å². The summed E-state index contributed by atoms with van der Waals surface area (Å²) in [7, 11) is 0. The van der Waals surface area contributed by atoms with Crippen LogP contribution in [0.4, 0.5) is 0 Å². The van der Waals surface area contributed by atoms with Gasteiger partial charge in [0.2, 0.25) is 11.9 Å². The van der Waals surface area contributed by atoms with Gasteiger partial charge in [-0.3, -0.25) is 4.57 Å². The second-order valence-electron chi connectivity index (χ2n) is 14.8. The van der Waals surface area contributed by atoms with E-state index in [9.17, 15) is 0 Å². The lowest BCUT2D eigenvalue weighted by Crippen LogP contribution is -2.25. The molecule has 5 heterocycles. The van der Waals surface area contributed by atoms with Crippen molar-refractivity contribution in [3.8, 4) is 45.5 Å². The maximum absolute atomic E-state index is 5.46. The van der Waals surface area contributed by atoms with E-state index in [1.165, 1.54) is 38.9 Å². The zero-order valence-corrected chi connectivity index (χ0v) is 30.4. The van der Waals surface area contributed by atoms with Crippen LogP contribution in [0.25, 0.3) is 89.4 Å². The van der Waals surface area contributed by atoms with Crippen LogP contribution in [0.3, 0.4) is 0 Å². The fraction of sp³-hybridized carbons (Fsp3) is 0.0200. The normalized spacial score (nSPS) is 13.4. The van der Waals surface area contributed by atoms with E-state index >= 15 is 0 Å². The Labute approximate surface area is 326 Å². The average Bonchev–Trinajstić information content (AvgIpc) is 3.99.